The summed E-state index contributed by atoms with van der Waals surface area (Å²) >= 11 is 0. The fourth-order valence-electron chi connectivity index (χ4n) is 2.28. The van der Waals surface area contributed by atoms with Crippen molar-refractivity contribution in [3.63, 3.8) is 0 Å². The third kappa shape index (κ3) is 3.20. The van der Waals surface area contributed by atoms with Gasteiger partial charge in [0.25, 0.3) is 0 Å². The topological polar surface area (TPSA) is 35.2 Å². The quantitative estimate of drug-likeness (QED) is 0.892. The molecule has 1 atom stereocenters. The van der Waals surface area contributed by atoms with Crippen molar-refractivity contribution >= 4 is 0 Å². The van der Waals surface area contributed by atoms with Crippen molar-refractivity contribution in [1.29, 1.82) is 0 Å². The Balaban J connectivity index is 2.26. The molecule has 2 nitrogen and oxygen atoms in total. The average Bonchev–Trinajstić information content (AvgIpc) is 2.48. The van der Waals surface area contributed by atoms with Gasteiger partial charge < -0.3 is 10.5 Å². The summed E-state index contributed by atoms with van der Waals surface area (Å²) in [5.74, 6) is 0.934. The maximum Gasteiger partial charge on any atom is 0.136 e. The van der Waals surface area contributed by atoms with E-state index in [4.69, 9.17) is 10.5 Å². The highest BCUT2D eigenvalue weighted by molar-refractivity contribution is 5.36. The van der Waals surface area contributed by atoms with Gasteiger partial charge in [-0.25, -0.2) is 0 Å². The van der Waals surface area contributed by atoms with E-state index in [-0.39, 0.29) is 6.10 Å². The van der Waals surface area contributed by atoms with Crippen molar-refractivity contribution in [3.05, 3.63) is 64.7 Å². The van der Waals surface area contributed by atoms with Gasteiger partial charge >= 0.3 is 0 Å². The smallest absolute Gasteiger partial charge is 0.136 e. The normalized spacial score (nSPS) is 12.2. The molecule has 0 aliphatic carbocycles. The number of hydrogen-bond donors (Lipinski definition) is 1. The summed E-state index contributed by atoms with van der Waals surface area (Å²) in [6.45, 7) is 6.84. The van der Waals surface area contributed by atoms with E-state index in [0.29, 0.717) is 6.54 Å². The zero-order chi connectivity index (χ0) is 14.5. The molecule has 2 aromatic carbocycles. The second-order valence-electron chi connectivity index (χ2n) is 5.15. The molecule has 2 N–H and O–H groups in total. The molecule has 2 heteroatoms. The van der Waals surface area contributed by atoms with Gasteiger partial charge in [-0.15, -0.1) is 0 Å². The van der Waals surface area contributed by atoms with Gasteiger partial charge in [0.1, 0.15) is 11.9 Å². The Hall–Kier alpha value is -1.80. The highest BCUT2D eigenvalue weighted by Gasteiger charge is 2.13. The lowest BCUT2D eigenvalue weighted by Crippen LogP contribution is -2.19. The fourth-order valence-corrected chi connectivity index (χ4v) is 2.28. The zero-order valence-corrected chi connectivity index (χ0v) is 12.5. The largest absolute Gasteiger partial charge is 0.484 e. The van der Waals surface area contributed by atoms with Crippen LogP contribution in [0, 0.1) is 13.8 Å². The third-order valence-corrected chi connectivity index (χ3v) is 3.74. The molecule has 0 aliphatic heterocycles. The molecular weight excluding hydrogens is 246 g/mol. The monoisotopic (exact) mass is 269 g/mol. The van der Waals surface area contributed by atoms with Crippen LogP contribution in [0.4, 0.5) is 0 Å². The standard InChI is InChI=1S/C18H23NO/c1-4-15-7-5-6-8-17(15)20-18(12-19)16-10-9-13(2)14(3)11-16/h5-11,18H,4,12,19H2,1-3H3. The molecule has 0 fully saturated rings. The van der Waals surface area contributed by atoms with Crippen LogP contribution >= 0.6 is 0 Å². The van der Waals surface area contributed by atoms with Crippen molar-refractivity contribution in [1.82, 2.24) is 0 Å². The Morgan fingerprint density at radius 1 is 1.05 bits per heavy atom. The molecule has 0 radical (unpaired) electrons. The van der Waals surface area contributed by atoms with Crippen molar-refractivity contribution in [3.8, 4) is 5.75 Å². The van der Waals surface area contributed by atoms with Crippen LogP contribution in [-0.4, -0.2) is 6.54 Å². The first-order valence-electron chi connectivity index (χ1n) is 7.17. The Morgan fingerprint density at radius 3 is 2.45 bits per heavy atom. The van der Waals surface area contributed by atoms with Crippen LogP contribution in [0.25, 0.3) is 0 Å². The van der Waals surface area contributed by atoms with E-state index >= 15 is 0 Å². The maximum absolute atomic E-state index is 6.14. The summed E-state index contributed by atoms with van der Waals surface area (Å²) in [5, 5.41) is 0. The molecule has 2 aromatic rings. The van der Waals surface area contributed by atoms with Gasteiger partial charge in [0.2, 0.25) is 0 Å². The first-order chi connectivity index (χ1) is 9.65. The lowest BCUT2D eigenvalue weighted by molar-refractivity contribution is 0.212. The maximum atomic E-state index is 6.14. The number of aryl methyl sites for hydroxylation is 3. The van der Waals surface area contributed by atoms with E-state index < -0.39 is 0 Å². The summed E-state index contributed by atoms with van der Waals surface area (Å²) < 4.78 is 6.14. The SMILES string of the molecule is CCc1ccccc1OC(CN)c1ccc(C)c(C)c1. The molecule has 0 amide bonds. The highest BCUT2D eigenvalue weighted by Crippen LogP contribution is 2.26. The molecule has 0 spiro atoms. The van der Waals surface area contributed by atoms with Gasteiger partial charge in [0, 0.05) is 6.54 Å². The van der Waals surface area contributed by atoms with E-state index in [9.17, 15) is 0 Å². The van der Waals surface area contributed by atoms with Crippen LogP contribution in [0.5, 0.6) is 5.75 Å². The zero-order valence-electron chi connectivity index (χ0n) is 12.5. The average molecular weight is 269 g/mol. The molecular formula is C18H23NO. The van der Waals surface area contributed by atoms with E-state index in [1.54, 1.807) is 0 Å². The van der Waals surface area contributed by atoms with E-state index in [2.05, 4.69) is 45.0 Å². The fraction of sp³-hybridized carbons (Fsp3) is 0.333. The van der Waals surface area contributed by atoms with Crippen molar-refractivity contribution in [2.24, 2.45) is 5.73 Å². The van der Waals surface area contributed by atoms with Gasteiger partial charge in [0.15, 0.2) is 0 Å². The predicted octanol–water partition coefficient (Wildman–Crippen LogP) is 3.94. The van der Waals surface area contributed by atoms with Crippen LogP contribution in [0.1, 0.15) is 35.3 Å². The Morgan fingerprint density at radius 2 is 1.80 bits per heavy atom. The molecule has 106 valence electrons. The molecule has 0 saturated heterocycles. The minimum absolute atomic E-state index is 0.0954. The Bertz CT molecular complexity index is 577. The van der Waals surface area contributed by atoms with Crippen molar-refractivity contribution in [2.75, 3.05) is 6.54 Å². The lowest BCUT2D eigenvalue weighted by Gasteiger charge is -2.20. The van der Waals surface area contributed by atoms with E-state index in [1.807, 2.05) is 18.2 Å². The van der Waals surface area contributed by atoms with Crippen LogP contribution in [0.3, 0.4) is 0 Å². The minimum atomic E-state index is -0.0954. The van der Waals surface area contributed by atoms with Crippen molar-refractivity contribution < 1.29 is 4.74 Å². The van der Waals surface area contributed by atoms with Crippen LogP contribution in [0.2, 0.25) is 0 Å². The number of ether oxygens (including phenoxy) is 1. The summed E-state index contributed by atoms with van der Waals surface area (Å²) in [6, 6.07) is 14.6. The number of rotatable bonds is 5. The Kier molecular flexibility index (Phi) is 4.80. The first kappa shape index (κ1) is 14.6. The third-order valence-electron chi connectivity index (χ3n) is 3.74. The second-order valence-corrected chi connectivity index (χ2v) is 5.15. The minimum Gasteiger partial charge on any atom is -0.484 e. The molecule has 0 heterocycles. The molecule has 0 bridgehead atoms. The van der Waals surface area contributed by atoms with Gasteiger partial charge in [-0.2, -0.15) is 0 Å². The number of nitrogens with two attached hydrogens (primary N) is 1. The molecule has 0 aromatic heterocycles. The van der Waals surface area contributed by atoms with E-state index in [0.717, 1.165) is 17.7 Å². The second kappa shape index (κ2) is 6.58. The highest BCUT2D eigenvalue weighted by atomic mass is 16.5. The van der Waals surface area contributed by atoms with Gasteiger partial charge in [0.05, 0.1) is 0 Å². The molecule has 1 unspecified atom stereocenters. The molecule has 0 saturated carbocycles. The van der Waals surface area contributed by atoms with Crippen LogP contribution in [0.15, 0.2) is 42.5 Å². The number of benzene rings is 2. The predicted molar refractivity (Wildman–Crippen MR) is 84.2 cm³/mol. The molecule has 2 rings (SSSR count). The first-order valence-corrected chi connectivity index (χ1v) is 7.17. The van der Waals surface area contributed by atoms with Gasteiger partial charge in [-0.05, 0) is 48.6 Å². The van der Waals surface area contributed by atoms with Crippen LogP contribution < -0.4 is 10.5 Å². The summed E-state index contributed by atoms with van der Waals surface area (Å²) in [7, 11) is 0. The molecule has 0 aliphatic rings. The number of hydrogen-bond acceptors (Lipinski definition) is 2. The lowest BCUT2D eigenvalue weighted by atomic mass is 10.0. The van der Waals surface area contributed by atoms with E-state index in [1.165, 1.54) is 16.7 Å². The summed E-state index contributed by atoms with van der Waals surface area (Å²) in [5.41, 5.74) is 10.8. The van der Waals surface area contributed by atoms with Crippen LogP contribution in [-0.2, 0) is 6.42 Å². The van der Waals surface area contributed by atoms with Gasteiger partial charge in [-0.3, -0.25) is 0 Å². The van der Waals surface area contributed by atoms with Gasteiger partial charge in [-0.1, -0.05) is 43.3 Å². The Labute approximate surface area is 121 Å². The summed E-state index contributed by atoms with van der Waals surface area (Å²) in [6.07, 6.45) is 0.863. The van der Waals surface area contributed by atoms with Crippen molar-refractivity contribution in [2.45, 2.75) is 33.3 Å². The summed E-state index contributed by atoms with van der Waals surface area (Å²) in [4.78, 5) is 0. The number of para-hydroxylation sites is 1. The molecule has 20 heavy (non-hydrogen) atoms.